The van der Waals surface area contributed by atoms with Crippen LogP contribution >= 0.6 is 0 Å². The Hall–Kier alpha value is -0.120. The van der Waals surface area contributed by atoms with Crippen molar-refractivity contribution in [2.24, 2.45) is 0 Å². The van der Waals surface area contributed by atoms with Gasteiger partial charge in [-0.15, -0.1) is 0 Å². The maximum absolute atomic E-state index is 5.56. The van der Waals surface area contributed by atoms with Crippen LogP contribution in [0.5, 0.6) is 0 Å². The SMILES string of the molecule is CCOC1CC(NC(C)CC)C1OC. The average Bonchev–Trinajstić information content (AvgIpc) is 2.16. The van der Waals surface area contributed by atoms with Gasteiger partial charge in [0.05, 0.1) is 12.2 Å². The molecule has 0 bridgehead atoms. The van der Waals surface area contributed by atoms with Gasteiger partial charge in [-0.25, -0.2) is 0 Å². The van der Waals surface area contributed by atoms with E-state index in [1.807, 2.05) is 6.92 Å². The van der Waals surface area contributed by atoms with Gasteiger partial charge < -0.3 is 14.8 Å². The molecule has 1 rings (SSSR count). The predicted molar refractivity (Wildman–Crippen MR) is 57.5 cm³/mol. The minimum atomic E-state index is 0.240. The van der Waals surface area contributed by atoms with Crippen molar-refractivity contribution in [2.45, 2.75) is 57.9 Å². The summed E-state index contributed by atoms with van der Waals surface area (Å²) in [6.07, 6.45) is 2.78. The summed E-state index contributed by atoms with van der Waals surface area (Å²) in [5.74, 6) is 0. The molecule has 0 aromatic rings. The second-order valence-electron chi connectivity index (χ2n) is 4.01. The van der Waals surface area contributed by atoms with Crippen LogP contribution in [0, 0.1) is 0 Å². The van der Waals surface area contributed by atoms with Gasteiger partial charge in [0.2, 0.25) is 0 Å². The van der Waals surface area contributed by atoms with Gasteiger partial charge in [0.15, 0.2) is 0 Å². The first-order chi connectivity index (χ1) is 6.72. The fraction of sp³-hybridized carbons (Fsp3) is 1.00. The molecular formula is C11H23NO2. The van der Waals surface area contributed by atoms with Crippen molar-refractivity contribution in [3.8, 4) is 0 Å². The Bertz CT molecular complexity index is 163. The van der Waals surface area contributed by atoms with Crippen molar-refractivity contribution in [1.82, 2.24) is 5.32 Å². The zero-order chi connectivity index (χ0) is 10.6. The lowest BCUT2D eigenvalue weighted by Crippen LogP contribution is -2.61. The van der Waals surface area contributed by atoms with Crippen molar-refractivity contribution in [1.29, 1.82) is 0 Å². The Labute approximate surface area is 87.2 Å². The summed E-state index contributed by atoms with van der Waals surface area (Å²) >= 11 is 0. The van der Waals surface area contributed by atoms with E-state index in [-0.39, 0.29) is 6.10 Å². The van der Waals surface area contributed by atoms with Crippen LogP contribution < -0.4 is 5.32 Å². The summed E-state index contributed by atoms with van der Waals surface area (Å²) in [5.41, 5.74) is 0. The molecule has 0 aliphatic heterocycles. The van der Waals surface area contributed by atoms with Crippen LogP contribution in [-0.2, 0) is 9.47 Å². The molecule has 0 aromatic heterocycles. The van der Waals surface area contributed by atoms with Crippen molar-refractivity contribution < 1.29 is 9.47 Å². The zero-order valence-corrected chi connectivity index (χ0v) is 9.75. The quantitative estimate of drug-likeness (QED) is 0.707. The van der Waals surface area contributed by atoms with E-state index in [1.54, 1.807) is 7.11 Å². The van der Waals surface area contributed by atoms with E-state index in [0.717, 1.165) is 19.4 Å². The van der Waals surface area contributed by atoms with Gasteiger partial charge in [-0.1, -0.05) is 6.92 Å². The van der Waals surface area contributed by atoms with Crippen LogP contribution in [-0.4, -0.2) is 38.0 Å². The molecule has 1 N–H and O–H groups in total. The lowest BCUT2D eigenvalue weighted by Gasteiger charge is -2.44. The highest BCUT2D eigenvalue weighted by Gasteiger charge is 2.42. The third kappa shape index (κ3) is 2.69. The summed E-state index contributed by atoms with van der Waals surface area (Å²) in [6, 6.07) is 1.05. The van der Waals surface area contributed by atoms with E-state index in [1.165, 1.54) is 0 Å². The van der Waals surface area contributed by atoms with Crippen LogP contribution in [0.2, 0.25) is 0 Å². The topological polar surface area (TPSA) is 30.5 Å². The zero-order valence-electron chi connectivity index (χ0n) is 9.75. The van der Waals surface area contributed by atoms with Crippen molar-refractivity contribution in [3.05, 3.63) is 0 Å². The number of hydrogen-bond acceptors (Lipinski definition) is 3. The van der Waals surface area contributed by atoms with Gasteiger partial charge in [-0.2, -0.15) is 0 Å². The van der Waals surface area contributed by atoms with Crippen LogP contribution in [0.4, 0.5) is 0 Å². The summed E-state index contributed by atoms with van der Waals surface area (Å²) in [4.78, 5) is 0. The molecular weight excluding hydrogens is 178 g/mol. The third-order valence-corrected chi connectivity index (χ3v) is 3.01. The molecule has 4 atom stereocenters. The minimum Gasteiger partial charge on any atom is -0.377 e. The maximum Gasteiger partial charge on any atom is 0.0986 e. The molecule has 0 heterocycles. The molecule has 0 radical (unpaired) electrons. The van der Waals surface area contributed by atoms with E-state index in [0.29, 0.717) is 18.2 Å². The molecule has 14 heavy (non-hydrogen) atoms. The van der Waals surface area contributed by atoms with Crippen LogP contribution in [0.25, 0.3) is 0 Å². The van der Waals surface area contributed by atoms with Crippen molar-refractivity contribution >= 4 is 0 Å². The van der Waals surface area contributed by atoms with E-state index in [4.69, 9.17) is 9.47 Å². The highest BCUT2D eigenvalue weighted by atomic mass is 16.5. The lowest BCUT2D eigenvalue weighted by molar-refractivity contribution is -0.132. The molecule has 0 aromatic carbocycles. The fourth-order valence-corrected chi connectivity index (χ4v) is 1.92. The Morgan fingerprint density at radius 1 is 1.43 bits per heavy atom. The van der Waals surface area contributed by atoms with Crippen molar-refractivity contribution in [3.63, 3.8) is 0 Å². The molecule has 3 heteroatoms. The summed E-state index contributed by atoms with van der Waals surface area (Å²) in [5, 5.41) is 3.55. The molecule has 3 nitrogen and oxygen atoms in total. The van der Waals surface area contributed by atoms with E-state index in [9.17, 15) is 0 Å². The smallest absolute Gasteiger partial charge is 0.0986 e. The van der Waals surface area contributed by atoms with Gasteiger partial charge in [0.1, 0.15) is 0 Å². The first-order valence-corrected chi connectivity index (χ1v) is 5.63. The number of nitrogens with one attached hydrogen (secondary N) is 1. The van der Waals surface area contributed by atoms with Crippen LogP contribution in [0.15, 0.2) is 0 Å². The first kappa shape index (κ1) is 12.0. The number of rotatable bonds is 6. The molecule has 0 saturated heterocycles. The Morgan fingerprint density at radius 3 is 2.64 bits per heavy atom. The van der Waals surface area contributed by atoms with Gasteiger partial charge in [-0.3, -0.25) is 0 Å². The third-order valence-electron chi connectivity index (χ3n) is 3.01. The molecule has 1 aliphatic carbocycles. The number of hydrogen-bond donors (Lipinski definition) is 1. The summed E-state index contributed by atoms with van der Waals surface area (Å²) in [7, 11) is 1.77. The molecule has 0 amide bonds. The summed E-state index contributed by atoms with van der Waals surface area (Å²) < 4.78 is 11.0. The molecule has 84 valence electrons. The highest BCUT2D eigenvalue weighted by Crippen LogP contribution is 2.27. The van der Waals surface area contributed by atoms with Gasteiger partial charge >= 0.3 is 0 Å². The lowest BCUT2D eigenvalue weighted by atomic mass is 9.84. The van der Waals surface area contributed by atoms with Gasteiger partial charge in [0, 0.05) is 25.8 Å². The maximum atomic E-state index is 5.56. The second kappa shape index (κ2) is 5.69. The number of ether oxygens (including phenoxy) is 2. The van der Waals surface area contributed by atoms with E-state index >= 15 is 0 Å². The van der Waals surface area contributed by atoms with Gasteiger partial charge in [0.25, 0.3) is 0 Å². The Kier molecular flexibility index (Phi) is 4.85. The molecule has 4 unspecified atom stereocenters. The molecule has 1 aliphatic rings. The minimum absolute atomic E-state index is 0.240. The standard InChI is InChI=1S/C11H23NO2/c1-5-8(3)12-9-7-10(14-6-2)11(9)13-4/h8-12H,5-7H2,1-4H3. The van der Waals surface area contributed by atoms with Crippen LogP contribution in [0.1, 0.15) is 33.6 Å². The monoisotopic (exact) mass is 201 g/mol. The normalized spacial score (nSPS) is 33.9. The molecule has 0 spiro atoms. The van der Waals surface area contributed by atoms with Crippen LogP contribution in [0.3, 0.4) is 0 Å². The Balaban J connectivity index is 2.29. The van der Waals surface area contributed by atoms with Crippen molar-refractivity contribution in [2.75, 3.05) is 13.7 Å². The van der Waals surface area contributed by atoms with E-state index in [2.05, 4.69) is 19.2 Å². The predicted octanol–water partition coefficient (Wildman–Crippen LogP) is 1.57. The highest BCUT2D eigenvalue weighted by molar-refractivity contribution is 4.97. The molecule has 1 fully saturated rings. The van der Waals surface area contributed by atoms with E-state index < -0.39 is 0 Å². The summed E-state index contributed by atoms with van der Waals surface area (Å²) in [6.45, 7) is 7.21. The largest absolute Gasteiger partial charge is 0.377 e. The number of methoxy groups -OCH3 is 1. The molecule has 1 saturated carbocycles. The first-order valence-electron chi connectivity index (χ1n) is 5.63. The fourth-order valence-electron chi connectivity index (χ4n) is 1.92. The average molecular weight is 201 g/mol. The van der Waals surface area contributed by atoms with Gasteiger partial charge in [-0.05, 0) is 26.7 Å². The Morgan fingerprint density at radius 2 is 2.14 bits per heavy atom. The second-order valence-corrected chi connectivity index (χ2v) is 4.01.